The van der Waals surface area contributed by atoms with Gasteiger partial charge in [-0.1, -0.05) is 97.1 Å². The minimum atomic E-state index is -0.804. The van der Waals surface area contributed by atoms with E-state index in [1.165, 1.54) is 0 Å². The van der Waals surface area contributed by atoms with Crippen LogP contribution >= 0.6 is 0 Å². The molecule has 1 aliphatic carbocycles. The molecule has 3 aliphatic rings. The van der Waals surface area contributed by atoms with Gasteiger partial charge in [0.1, 0.15) is 11.5 Å². The molecule has 12 aromatic rings. The number of hydrogen-bond acceptors (Lipinski definition) is 5. The maximum absolute atomic E-state index is 7.77. The molecule has 68 heavy (non-hydrogen) atoms. The number of para-hydroxylation sites is 7. The van der Waals surface area contributed by atoms with Gasteiger partial charge in [0.15, 0.2) is 17.2 Å². The van der Waals surface area contributed by atoms with Crippen LogP contribution < -0.4 is 14.4 Å². The molecule has 15 rings (SSSR count). The van der Waals surface area contributed by atoms with Gasteiger partial charge in [0.05, 0.1) is 68.7 Å². The smallest absolute Gasteiger partial charge is 0.188 e. The van der Waals surface area contributed by atoms with Gasteiger partial charge in [-0.3, -0.25) is 9.97 Å². The first kappa shape index (κ1) is 36.8. The first-order valence-electron chi connectivity index (χ1n) is 22.7. The molecule has 316 valence electrons. The number of pyridine rings is 2. The Kier molecular flexibility index (Phi) is 7.34. The highest BCUT2D eigenvalue weighted by molar-refractivity contribution is 6.12. The fourth-order valence-electron chi connectivity index (χ4n) is 11.5. The van der Waals surface area contributed by atoms with Crippen molar-refractivity contribution in [2.45, 2.75) is 5.41 Å². The van der Waals surface area contributed by atoms with Crippen LogP contribution in [0.1, 0.15) is 22.3 Å². The third-order valence-electron chi connectivity index (χ3n) is 14.2. The Morgan fingerprint density at radius 3 is 1.75 bits per heavy atom. The number of hydrogen-bond donors (Lipinski definition) is 0. The summed E-state index contributed by atoms with van der Waals surface area (Å²) in [5, 5.41) is 4.40. The predicted octanol–water partition coefficient (Wildman–Crippen LogP) is 15.3. The maximum atomic E-state index is 7.77. The lowest BCUT2D eigenvalue weighted by Crippen LogP contribution is -2.32. The van der Waals surface area contributed by atoms with Gasteiger partial charge in [-0.05, 0) is 102 Å². The highest BCUT2D eigenvalue weighted by Gasteiger charge is 2.52. The first-order valence-corrected chi connectivity index (χ1v) is 22.7. The fraction of sp³-hybridized carbons (Fsp3) is 0.0167. The molecule has 6 heterocycles. The van der Waals surface area contributed by atoms with Crippen molar-refractivity contribution in [1.82, 2.24) is 19.1 Å². The SMILES string of the molecule is [C-]#[N+]c1ccc2c(c1)c1ccccc1n2-c1cnc2c(c1)C1(c3ccccc3Oc3cc(-n4c5ccccc5c5cc(N6c7ccccc7Oc7ccccc76)ccc54)ccc31)c1cccnc1-2. The Hall–Kier alpha value is -9.45. The molecule has 4 aromatic heterocycles. The Balaban J connectivity index is 0.943. The Labute approximate surface area is 389 Å². The van der Waals surface area contributed by atoms with Gasteiger partial charge in [0, 0.05) is 56.5 Å². The van der Waals surface area contributed by atoms with Crippen LogP contribution in [0.15, 0.2) is 207 Å². The normalized spacial score (nSPS) is 15.0. The quantitative estimate of drug-likeness (QED) is 0.166. The van der Waals surface area contributed by atoms with Gasteiger partial charge in [-0.2, -0.15) is 0 Å². The minimum Gasteiger partial charge on any atom is -0.457 e. The molecule has 0 radical (unpaired) electrons. The van der Waals surface area contributed by atoms with E-state index in [0.29, 0.717) is 5.69 Å². The number of rotatable bonds is 3. The summed E-state index contributed by atoms with van der Waals surface area (Å²) in [6.07, 6.45) is 3.82. The summed E-state index contributed by atoms with van der Waals surface area (Å²) in [5.74, 6) is 3.19. The molecule has 1 unspecified atom stereocenters. The summed E-state index contributed by atoms with van der Waals surface area (Å²) in [6.45, 7) is 7.77. The van der Waals surface area contributed by atoms with Crippen LogP contribution in [0.2, 0.25) is 0 Å². The summed E-state index contributed by atoms with van der Waals surface area (Å²) in [7, 11) is 0. The average Bonchev–Trinajstić information content (AvgIpc) is 4.01. The van der Waals surface area contributed by atoms with Gasteiger partial charge in [0.2, 0.25) is 0 Å². The predicted molar refractivity (Wildman–Crippen MR) is 269 cm³/mol. The number of benzene rings is 8. The monoisotopic (exact) mass is 870 g/mol. The molecule has 0 saturated carbocycles. The van der Waals surface area contributed by atoms with Gasteiger partial charge < -0.3 is 23.5 Å². The van der Waals surface area contributed by atoms with Crippen LogP contribution in [0.3, 0.4) is 0 Å². The minimum absolute atomic E-state index is 0.610. The molecule has 8 heteroatoms. The molecule has 8 aromatic carbocycles. The van der Waals surface area contributed by atoms with E-state index in [2.05, 4.69) is 164 Å². The molecule has 1 spiro atoms. The highest BCUT2D eigenvalue weighted by atomic mass is 16.5. The topological polar surface area (TPSA) is 61.7 Å². The molecule has 0 N–H and O–H groups in total. The van der Waals surface area contributed by atoms with E-state index in [-0.39, 0.29) is 0 Å². The molecule has 0 saturated heterocycles. The van der Waals surface area contributed by atoms with E-state index in [9.17, 15) is 0 Å². The van der Waals surface area contributed by atoms with Crippen molar-refractivity contribution in [2.24, 2.45) is 0 Å². The lowest BCUT2D eigenvalue weighted by atomic mass is 9.66. The summed E-state index contributed by atoms with van der Waals surface area (Å²) < 4.78 is 18.1. The zero-order valence-corrected chi connectivity index (χ0v) is 36.1. The van der Waals surface area contributed by atoms with Crippen molar-refractivity contribution >= 4 is 66.4 Å². The summed E-state index contributed by atoms with van der Waals surface area (Å²) in [6, 6.07) is 67.8. The van der Waals surface area contributed by atoms with E-state index in [1.54, 1.807) is 0 Å². The Morgan fingerprint density at radius 1 is 0.412 bits per heavy atom. The molecule has 1 atom stereocenters. The third kappa shape index (κ3) is 4.81. The standard InChI is InChI=1S/C60H34N6O2/c1-61-36-24-28-50-42(31-36)40-13-2-6-18-49(40)66(50)39-33-47-59(63-35-39)58-46(16-12-30-62-58)60(47)44-15-4-9-21-54(44)67-57-34-38(25-27-45(57)60)64-48-17-5-3-14-41(48)43-32-37(26-29-51(43)64)65-52-19-7-10-22-55(52)68-56-23-11-8-20-53(56)65/h2-35H. The molecule has 0 fully saturated rings. The number of anilines is 3. The van der Waals surface area contributed by atoms with Crippen molar-refractivity contribution in [2.75, 3.05) is 4.90 Å². The molecular formula is C60H34N6O2. The molecule has 8 nitrogen and oxygen atoms in total. The van der Waals surface area contributed by atoms with Crippen molar-refractivity contribution in [3.8, 4) is 45.8 Å². The van der Waals surface area contributed by atoms with Crippen molar-refractivity contribution in [3.63, 3.8) is 0 Å². The second-order valence-electron chi connectivity index (χ2n) is 17.6. The summed E-state index contributed by atoms with van der Waals surface area (Å²) in [5.41, 5.74) is 14.8. The van der Waals surface area contributed by atoms with Crippen molar-refractivity contribution in [1.29, 1.82) is 0 Å². The number of ether oxygens (including phenoxy) is 2. The summed E-state index contributed by atoms with van der Waals surface area (Å²) >= 11 is 0. The fourth-order valence-corrected chi connectivity index (χ4v) is 11.5. The molecule has 0 bridgehead atoms. The van der Waals surface area contributed by atoms with Crippen LogP contribution in [0.25, 0.3) is 71.2 Å². The van der Waals surface area contributed by atoms with E-state index in [1.807, 2.05) is 60.9 Å². The molecule has 2 aliphatic heterocycles. The Morgan fingerprint density at radius 2 is 0.985 bits per heavy atom. The van der Waals surface area contributed by atoms with E-state index in [0.717, 1.165) is 129 Å². The Bertz CT molecular complexity index is 4170. The zero-order valence-electron chi connectivity index (χ0n) is 36.1. The van der Waals surface area contributed by atoms with E-state index >= 15 is 0 Å². The molecule has 0 amide bonds. The summed E-state index contributed by atoms with van der Waals surface area (Å²) in [4.78, 5) is 16.4. The molecular weight excluding hydrogens is 837 g/mol. The van der Waals surface area contributed by atoms with E-state index in [4.69, 9.17) is 26.0 Å². The number of aromatic nitrogens is 4. The van der Waals surface area contributed by atoms with Crippen LogP contribution in [0.4, 0.5) is 22.7 Å². The maximum Gasteiger partial charge on any atom is 0.188 e. The van der Waals surface area contributed by atoms with Crippen LogP contribution in [-0.2, 0) is 5.41 Å². The van der Waals surface area contributed by atoms with Gasteiger partial charge >= 0.3 is 0 Å². The third-order valence-corrected chi connectivity index (χ3v) is 14.2. The van der Waals surface area contributed by atoms with E-state index < -0.39 is 5.41 Å². The van der Waals surface area contributed by atoms with Crippen LogP contribution in [0, 0.1) is 6.57 Å². The van der Waals surface area contributed by atoms with Crippen molar-refractivity contribution < 1.29 is 9.47 Å². The lowest BCUT2D eigenvalue weighted by Gasteiger charge is -2.39. The number of nitrogens with zero attached hydrogens (tertiary/aromatic N) is 6. The van der Waals surface area contributed by atoms with Crippen molar-refractivity contribution in [3.05, 3.63) is 240 Å². The lowest BCUT2D eigenvalue weighted by molar-refractivity contribution is 0.436. The zero-order chi connectivity index (χ0) is 44.7. The largest absolute Gasteiger partial charge is 0.457 e. The highest BCUT2D eigenvalue weighted by Crippen LogP contribution is 2.62. The van der Waals surface area contributed by atoms with Gasteiger partial charge in [-0.25, -0.2) is 4.85 Å². The van der Waals surface area contributed by atoms with Crippen LogP contribution in [-0.4, -0.2) is 19.1 Å². The number of fused-ring (bicyclic) bond motifs is 17. The second kappa shape index (κ2) is 13.5. The first-order chi connectivity index (χ1) is 33.7. The second-order valence-corrected chi connectivity index (χ2v) is 17.6. The van der Waals surface area contributed by atoms with Gasteiger partial charge in [0.25, 0.3) is 0 Å². The van der Waals surface area contributed by atoms with Gasteiger partial charge in [-0.15, -0.1) is 0 Å². The van der Waals surface area contributed by atoms with Crippen LogP contribution in [0.5, 0.6) is 23.0 Å². The average molecular weight is 871 g/mol.